The predicted octanol–water partition coefficient (Wildman–Crippen LogP) is 4.15. The van der Waals surface area contributed by atoms with E-state index in [1.165, 1.54) is 17.7 Å². The van der Waals surface area contributed by atoms with Crippen LogP contribution in [0.25, 0.3) is 16.9 Å². The van der Waals surface area contributed by atoms with Crippen LogP contribution in [0.4, 0.5) is 10.2 Å². The number of hydrogen-bond acceptors (Lipinski definition) is 3. The first kappa shape index (κ1) is 14.4. The number of imidazole rings is 1. The Balaban J connectivity index is 1.77. The third kappa shape index (κ3) is 2.72. The van der Waals surface area contributed by atoms with Gasteiger partial charge in [-0.25, -0.2) is 9.37 Å². The number of halogens is 1. The van der Waals surface area contributed by atoms with E-state index in [0.717, 1.165) is 22.7 Å². The van der Waals surface area contributed by atoms with Gasteiger partial charge in [-0.05, 0) is 29.8 Å². The average Bonchev–Trinajstić information content (AvgIpc) is 3.00. The van der Waals surface area contributed by atoms with Crippen molar-refractivity contribution < 1.29 is 4.39 Å². The van der Waals surface area contributed by atoms with E-state index < -0.39 is 0 Å². The van der Waals surface area contributed by atoms with Gasteiger partial charge in [-0.1, -0.05) is 30.3 Å². The average molecular weight is 318 g/mol. The summed E-state index contributed by atoms with van der Waals surface area (Å²) in [6, 6.07) is 16.5. The molecule has 4 rings (SSSR count). The summed E-state index contributed by atoms with van der Waals surface area (Å²) in [6.07, 6.45) is 5.29. The summed E-state index contributed by atoms with van der Waals surface area (Å²) >= 11 is 0. The normalized spacial score (nSPS) is 10.9. The maximum atomic E-state index is 13.2. The molecule has 0 saturated heterocycles. The zero-order valence-corrected chi connectivity index (χ0v) is 12.9. The Morgan fingerprint density at radius 3 is 2.58 bits per heavy atom. The second-order valence-electron chi connectivity index (χ2n) is 5.46. The molecular formula is C19H15FN4. The maximum Gasteiger partial charge on any atom is 0.157 e. The minimum atomic E-state index is -0.261. The highest BCUT2D eigenvalue weighted by atomic mass is 19.1. The van der Waals surface area contributed by atoms with Crippen LogP contribution in [0.1, 0.15) is 5.56 Å². The van der Waals surface area contributed by atoms with Crippen molar-refractivity contribution in [3.05, 3.63) is 84.6 Å². The van der Waals surface area contributed by atoms with E-state index in [4.69, 9.17) is 0 Å². The van der Waals surface area contributed by atoms with Crippen LogP contribution in [0.2, 0.25) is 0 Å². The Kier molecular flexibility index (Phi) is 3.67. The Bertz CT molecular complexity index is 962. The lowest BCUT2D eigenvalue weighted by Gasteiger charge is -2.09. The molecule has 0 aliphatic heterocycles. The summed E-state index contributed by atoms with van der Waals surface area (Å²) in [6.45, 7) is 0.672. The largest absolute Gasteiger partial charge is 0.365 e. The third-order valence-corrected chi connectivity index (χ3v) is 3.85. The van der Waals surface area contributed by atoms with Gasteiger partial charge in [0.05, 0.1) is 6.20 Å². The van der Waals surface area contributed by atoms with Crippen molar-refractivity contribution in [2.24, 2.45) is 0 Å². The highest BCUT2D eigenvalue weighted by Crippen LogP contribution is 2.29. The van der Waals surface area contributed by atoms with Crippen molar-refractivity contribution in [2.75, 3.05) is 5.32 Å². The van der Waals surface area contributed by atoms with E-state index in [9.17, 15) is 4.39 Å². The van der Waals surface area contributed by atoms with Crippen LogP contribution in [0.3, 0.4) is 0 Å². The fraction of sp³-hybridized carbons (Fsp3) is 0.0526. The molecule has 0 unspecified atom stereocenters. The number of nitrogens with zero attached hydrogens (tertiary/aromatic N) is 3. The van der Waals surface area contributed by atoms with Crippen molar-refractivity contribution >= 4 is 11.5 Å². The third-order valence-electron chi connectivity index (χ3n) is 3.85. The van der Waals surface area contributed by atoms with Gasteiger partial charge in [-0.3, -0.25) is 9.38 Å². The number of rotatable bonds is 4. The number of aromatic nitrogens is 3. The van der Waals surface area contributed by atoms with Gasteiger partial charge in [0.15, 0.2) is 5.65 Å². The Labute approximate surface area is 138 Å². The molecule has 24 heavy (non-hydrogen) atoms. The smallest absolute Gasteiger partial charge is 0.157 e. The van der Waals surface area contributed by atoms with E-state index in [2.05, 4.69) is 27.4 Å². The lowest BCUT2D eigenvalue weighted by molar-refractivity contribution is 0.628. The van der Waals surface area contributed by atoms with Gasteiger partial charge in [0.1, 0.15) is 17.3 Å². The van der Waals surface area contributed by atoms with Crippen LogP contribution >= 0.6 is 0 Å². The highest BCUT2D eigenvalue weighted by molar-refractivity contribution is 5.76. The second kappa shape index (κ2) is 6.12. The van der Waals surface area contributed by atoms with Gasteiger partial charge in [0.2, 0.25) is 0 Å². The number of nitrogens with one attached hydrogen (secondary N) is 1. The molecule has 0 spiro atoms. The summed E-state index contributed by atoms with van der Waals surface area (Å²) in [5.74, 6) is 0.603. The molecule has 2 heterocycles. The van der Waals surface area contributed by atoms with Gasteiger partial charge in [0.25, 0.3) is 0 Å². The number of fused-ring (bicyclic) bond motifs is 1. The van der Waals surface area contributed by atoms with Crippen molar-refractivity contribution in [3.8, 4) is 11.3 Å². The summed E-state index contributed by atoms with van der Waals surface area (Å²) in [5, 5.41) is 3.44. The summed E-state index contributed by atoms with van der Waals surface area (Å²) in [7, 11) is 0. The van der Waals surface area contributed by atoms with Crippen LogP contribution in [0.15, 0.2) is 73.2 Å². The van der Waals surface area contributed by atoms with Crippen molar-refractivity contribution in [1.82, 2.24) is 14.4 Å². The van der Waals surface area contributed by atoms with E-state index in [1.54, 1.807) is 24.5 Å². The standard InChI is InChI=1S/C19H15FN4/c20-16-8-6-15(7-9-16)18-19(22-12-14-4-2-1-3-5-14)24-11-10-21-13-17(24)23-18/h1-11,13,22H,12H2. The fourth-order valence-electron chi connectivity index (χ4n) is 2.67. The number of hydrogen-bond donors (Lipinski definition) is 1. The molecule has 0 radical (unpaired) electrons. The molecule has 2 aromatic carbocycles. The molecule has 0 aliphatic rings. The predicted molar refractivity (Wildman–Crippen MR) is 92.1 cm³/mol. The minimum Gasteiger partial charge on any atom is -0.365 e. The van der Waals surface area contributed by atoms with Crippen LogP contribution in [-0.4, -0.2) is 14.4 Å². The van der Waals surface area contributed by atoms with E-state index in [-0.39, 0.29) is 5.82 Å². The summed E-state index contributed by atoms with van der Waals surface area (Å²) in [5.41, 5.74) is 3.55. The van der Waals surface area contributed by atoms with Crippen LogP contribution in [0, 0.1) is 5.82 Å². The van der Waals surface area contributed by atoms with E-state index in [0.29, 0.717) is 6.54 Å². The summed E-state index contributed by atoms with van der Waals surface area (Å²) in [4.78, 5) is 8.76. The molecule has 0 fully saturated rings. The van der Waals surface area contributed by atoms with Gasteiger partial charge in [-0.2, -0.15) is 0 Å². The molecule has 1 N–H and O–H groups in total. The van der Waals surface area contributed by atoms with Crippen LogP contribution < -0.4 is 5.32 Å². The summed E-state index contributed by atoms with van der Waals surface area (Å²) < 4.78 is 15.2. The Hall–Kier alpha value is -3.21. The fourth-order valence-corrected chi connectivity index (χ4v) is 2.67. The number of benzene rings is 2. The zero-order valence-electron chi connectivity index (χ0n) is 12.9. The zero-order chi connectivity index (χ0) is 16.4. The van der Waals surface area contributed by atoms with Gasteiger partial charge in [-0.15, -0.1) is 0 Å². The molecule has 0 saturated carbocycles. The van der Waals surface area contributed by atoms with Gasteiger partial charge >= 0.3 is 0 Å². The maximum absolute atomic E-state index is 13.2. The van der Waals surface area contributed by atoms with Crippen molar-refractivity contribution in [3.63, 3.8) is 0 Å². The van der Waals surface area contributed by atoms with Crippen LogP contribution in [0.5, 0.6) is 0 Å². The lowest BCUT2D eigenvalue weighted by atomic mass is 10.1. The first-order valence-electron chi connectivity index (χ1n) is 7.67. The molecule has 0 aliphatic carbocycles. The molecule has 0 amide bonds. The monoisotopic (exact) mass is 318 g/mol. The Morgan fingerprint density at radius 2 is 1.79 bits per heavy atom. The van der Waals surface area contributed by atoms with E-state index >= 15 is 0 Å². The van der Waals surface area contributed by atoms with Gasteiger partial charge < -0.3 is 5.32 Å². The topological polar surface area (TPSA) is 42.2 Å². The van der Waals surface area contributed by atoms with Crippen LogP contribution in [-0.2, 0) is 6.54 Å². The second-order valence-corrected chi connectivity index (χ2v) is 5.46. The highest BCUT2D eigenvalue weighted by Gasteiger charge is 2.14. The molecule has 0 atom stereocenters. The first-order valence-corrected chi connectivity index (χ1v) is 7.67. The lowest BCUT2D eigenvalue weighted by Crippen LogP contribution is -2.03. The molecular weight excluding hydrogens is 303 g/mol. The quantitative estimate of drug-likeness (QED) is 0.615. The minimum absolute atomic E-state index is 0.261. The number of anilines is 1. The molecule has 2 aromatic heterocycles. The van der Waals surface area contributed by atoms with Gasteiger partial charge in [0, 0.05) is 24.5 Å². The molecule has 0 bridgehead atoms. The Morgan fingerprint density at radius 1 is 1.00 bits per heavy atom. The van der Waals surface area contributed by atoms with E-state index in [1.807, 2.05) is 28.8 Å². The molecule has 5 heteroatoms. The molecule has 4 nitrogen and oxygen atoms in total. The first-order chi connectivity index (χ1) is 11.8. The van der Waals surface area contributed by atoms with Crippen molar-refractivity contribution in [2.45, 2.75) is 6.54 Å². The SMILES string of the molecule is Fc1ccc(-c2nc3cnccn3c2NCc2ccccc2)cc1. The van der Waals surface area contributed by atoms with Crippen molar-refractivity contribution in [1.29, 1.82) is 0 Å². The molecule has 4 aromatic rings. The molecule has 118 valence electrons.